The summed E-state index contributed by atoms with van der Waals surface area (Å²) in [7, 11) is 1.59. The van der Waals surface area contributed by atoms with Gasteiger partial charge in [-0.15, -0.1) is 10.2 Å². The Labute approximate surface area is 180 Å². The number of nitrogens with zero attached hydrogens (tertiary/aromatic N) is 4. The van der Waals surface area contributed by atoms with E-state index in [1.807, 2.05) is 24.3 Å². The molecule has 8 heteroatoms. The van der Waals surface area contributed by atoms with E-state index in [0.29, 0.717) is 43.4 Å². The highest BCUT2D eigenvalue weighted by Gasteiger charge is 2.22. The van der Waals surface area contributed by atoms with Crippen LogP contribution in [0.1, 0.15) is 0 Å². The van der Waals surface area contributed by atoms with Gasteiger partial charge in [-0.2, -0.15) is 0 Å². The lowest BCUT2D eigenvalue weighted by Crippen LogP contribution is -2.50. The van der Waals surface area contributed by atoms with Gasteiger partial charge in [-0.25, -0.2) is 4.39 Å². The molecule has 1 aromatic heterocycles. The number of rotatable bonds is 6. The summed E-state index contributed by atoms with van der Waals surface area (Å²) in [5.74, 6) is 1.70. The molecule has 2 aromatic carbocycles. The van der Waals surface area contributed by atoms with E-state index in [1.54, 1.807) is 36.3 Å². The molecule has 1 aliphatic heterocycles. The Kier molecular flexibility index (Phi) is 6.26. The minimum absolute atomic E-state index is 0.0145. The third kappa shape index (κ3) is 5.09. The predicted octanol–water partition coefficient (Wildman–Crippen LogP) is 3.02. The van der Waals surface area contributed by atoms with Crippen molar-refractivity contribution in [3.63, 3.8) is 0 Å². The molecule has 160 valence electrons. The molecule has 1 saturated heterocycles. The molecule has 0 radical (unpaired) electrons. The smallest absolute Gasteiger partial charge is 0.260 e. The number of ether oxygens (including phenoxy) is 2. The van der Waals surface area contributed by atoms with E-state index in [9.17, 15) is 9.18 Å². The first-order valence-electron chi connectivity index (χ1n) is 10.0. The van der Waals surface area contributed by atoms with E-state index in [1.165, 1.54) is 12.1 Å². The van der Waals surface area contributed by atoms with Crippen molar-refractivity contribution in [2.45, 2.75) is 0 Å². The lowest BCUT2D eigenvalue weighted by Gasteiger charge is -2.35. The largest absolute Gasteiger partial charge is 0.497 e. The first-order valence-corrected chi connectivity index (χ1v) is 10.0. The van der Waals surface area contributed by atoms with E-state index < -0.39 is 0 Å². The first-order chi connectivity index (χ1) is 15.1. The van der Waals surface area contributed by atoms with E-state index in [4.69, 9.17) is 9.47 Å². The van der Waals surface area contributed by atoms with Gasteiger partial charge in [0.25, 0.3) is 5.91 Å². The van der Waals surface area contributed by atoms with Gasteiger partial charge in [0.15, 0.2) is 12.4 Å². The summed E-state index contributed by atoms with van der Waals surface area (Å²) in [6.07, 6.45) is 0. The number of halogens is 1. The van der Waals surface area contributed by atoms with Crippen LogP contribution in [0, 0.1) is 5.82 Å². The molecule has 4 rings (SSSR count). The third-order valence-corrected chi connectivity index (χ3v) is 5.15. The highest BCUT2D eigenvalue weighted by atomic mass is 19.1. The Morgan fingerprint density at radius 1 is 0.968 bits per heavy atom. The number of piperazine rings is 1. The summed E-state index contributed by atoms with van der Waals surface area (Å²) in [5, 5.41) is 8.57. The minimum atomic E-state index is -0.283. The maximum Gasteiger partial charge on any atom is 0.260 e. The molecule has 7 nitrogen and oxygen atoms in total. The molecule has 0 bridgehead atoms. The Balaban J connectivity index is 1.28. The number of carbonyl (C=O) groups is 1. The average molecular weight is 422 g/mol. The second kappa shape index (κ2) is 9.42. The molecule has 0 unspecified atom stereocenters. The molecule has 0 spiro atoms. The monoisotopic (exact) mass is 422 g/mol. The zero-order chi connectivity index (χ0) is 21.6. The number of aromatic nitrogens is 2. The quantitative estimate of drug-likeness (QED) is 0.608. The zero-order valence-electron chi connectivity index (χ0n) is 17.2. The van der Waals surface area contributed by atoms with Crippen molar-refractivity contribution in [1.29, 1.82) is 0 Å². The molecule has 1 fully saturated rings. The second-order valence-electron chi connectivity index (χ2n) is 7.12. The van der Waals surface area contributed by atoms with Gasteiger partial charge >= 0.3 is 0 Å². The number of methoxy groups -OCH3 is 1. The van der Waals surface area contributed by atoms with Gasteiger partial charge < -0.3 is 19.3 Å². The second-order valence-corrected chi connectivity index (χ2v) is 7.12. The summed E-state index contributed by atoms with van der Waals surface area (Å²) in [5.41, 5.74) is 1.50. The van der Waals surface area contributed by atoms with Crippen molar-refractivity contribution in [2.75, 3.05) is 44.8 Å². The molecule has 0 aliphatic carbocycles. The fraction of sp³-hybridized carbons (Fsp3) is 0.261. The maximum absolute atomic E-state index is 13.1. The number of benzene rings is 2. The van der Waals surface area contributed by atoms with E-state index in [-0.39, 0.29) is 18.3 Å². The molecule has 0 atom stereocenters. The zero-order valence-corrected chi connectivity index (χ0v) is 17.2. The molecule has 1 aliphatic rings. The highest BCUT2D eigenvalue weighted by molar-refractivity contribution is 5.78. The molecular weight excluding hydrogens is 399 g/mol. The number of hydrogen-bond donors (Lipinski definition) is 0. The lowest BCUT2D eigenvalue weighted by molar-refractivity contribution is -0.133. The first kappa shape index (κ1) is 20.6. The van der Waals surface area contributed by atoms with Crippen LogP contribution >= 0.6 is 0 Å². The predicted molar refractivity (Wildman–Crippen MR) is 115 cm³/mol. The van der Waals surface area contributed by atoms with Gasteiger partial charge in [0.2, 0.25) is 0 Å². The number of amides is 1. The molecule has 31 heavy (non-hydrogen) atoms. The molecule has 3 aromatic rings. The fourth-order valence-electron chi connectivity index (χ4n) is 3.38. The summed E-state index contributed by atoms with van der Waals surface area (Å²) in [6, 6.07) is 17.1. The van der Waals surface area contributed by atoms with Crippen LogP contribution in [0.2, 0.25) is 0 Å². The van der Waals surface area contributed by atoms with E-state index >= 15 is 0 Å². The molecule has 0 saturated carbocycles. The molecular formula is C23H23FN4O3. The van der Waals surface area contributed by atoms with Crippen molar-refractivity contribution in [3.8, 4) is 22.8 Å². The normalized spacial score (nSPS) is 13.7. The Morgan fingerprint density at radius 2 is 1.71 bits per heavy atom. The SMILES string of the molecule is COc1cccc(OCC(=O)N2CCN(c3ccc(-c4ccc(F)cc4)nn3)CC2)c1. The van der Waals surface area contributed by atoms with Crippen LogP contribution in [0.25, 0.3) is 11.3 Å². The van der Waals surface area contributed by atoms with Gasteiger partial charge in [0, 0.05) is 37.8 Å². The summed E-state index contributed by atoms with van der Waals surface area (Å²) < 4.78 is 23.8. The van der Waals surface area contributed by atoms with Crippen molar-refractivity contribution in [2.24, 2.45) is 0 Å². The van der Waals surface area contributed by atoms with Crippen LogP contribution in [0.5, 0.6) is 11.5 Å². The van der Waals surface area contributed by atoms with E-state index in [2.05, 4.69) is 15.1 Å². The third-order valence-electron chi connectivity index (χ3n) is 5.15. The van der Waals surface area contributed by atoms with Gasteiger partial charge in [0.1, 0.15) is 17.3 Å². The van der Waals surface area contributed by atoms with E-state index in [0.717, 1.165) is 11.4 Å². The Morgan fingerprint density at radius 3 is 2.39 bits per heavy atom. The van der Waals surface area contributed by atoms with Crippen molar-refractivity contribution in [1.82, 2.24) is 15.1 Å². The topological polar surface area (TPSA) is 67.8 Å². The van der Waals surface area contributed by atoms with Crippen LogP contribution in [0.15, 0.2) is 60.7 Å². The minimum Gasteiger partial charge on any atom is -0.497 e. The van der Waals surface area contributed by atoms with Crippen LogP contribution < -0.4 is 14.4 Å². The van der Waals surface area contributed by atoms with Crippen LogP contribution in [0.3, 0.4) is 0 Å². The van der Waals surface area contributed by atoms with Gasteiger partial charge in [-0.1, -0.05) is 6.07 Å². The number of anilines is 1. The van der Waals surface area contributed by atoms with Crippen molar-refractivity contribution < 1.29 is 18.7 Å². The van der Waals surface area contributed by atoms with Crippen molar-refractivity contribution in [3.05, 3.63) is 66.5 Å². The van der Waals surface area contributed by atoms with Crippen LogP contribution in [-0.2, 0) is 4.79 Å². The summed E-state index contributed by atoms with van der Waals surface area (Å²) in [4.78, 5) is 16.4. The maximum atomic E-state index is 13.1. The Hall–Kier alpha value is -3.68. The average Bonchev–Trinajstić information content (AvgIpc) is 2.83. The molecule has 2 heterocycles. The Bertz CT molecular complexity index is 1020. The molecule has 1 amide bonds. The van der Waals surface area contributed by atoms with Gasteiger partial charge in [0.05, 0.1) is 12.8 Å². The highest BCUT2D eigenvalue weighted by Crippen LogP contribution is 2.21. The number of carbonyl (C=O) groups excluding carboxylic acids is 1. The van der Waals surface area contributed by atoms with Crippen LogP contribution in [-0.4, -0.2) is 60.9 Å². The van der Waals surface area contributed by atoms with Crippen molar-refractivity contribution >= 4 is 11.7 Å². The fourth-order valence-corrected chi connectivity index (χ4v) is 3.38. The van der Waals surface area contributed by atoms with Gasteiger partial charge in [-0.05, 0) is 48.5 Å². The number of hydrogen-bond acceptors (Lipinski definition) is 6. The summed E-state index contributed by atoms with van der Waals surface area (Å²) in [6.45, 7) is 2.48. The standard InChI is InChI=1S/C23H23FN4O3/c1-30-19-3-2-4-20(15-19)31-16-23(29)28-13-11-27(12-14-28)22-10-9-21(25-26-22)17-5-7-18(24)8-6-17/h2-10,15H,11-14,16H2,1H3. The lowest BCUT2D eigenvalue weighted by atomic mass is 10.1. The molecule has 0 N–H and O–H groups in total. The van der Waals surface area contributed by atoms with Gasteiger partial charge in [-0.3, -0.25) is 4.79 Å². The van der Waals surface area contributed by atoms with Crippen LogP contribution in [0.4, 0.5) is 10.2 Å². The summed E-state index contributed by atoms with van der Waals surface area (Å²) >= 11 is 0.